The number of carbonyl (C=O) groups excluding carboxylic acids is 1. The van der Waals surface area contributed by atoms with Gasteiger partial charge in [-0.15, -0.1) is 0 Å². The minimum absolute atomic E-state index is 0.0393. The molecule has 86 valence electrons. The summed E-state index contributed by atoms with van der Waals surface area (Å²) in [4.78, 5) is 13.6. The summed E-state index contributed by atoms with van der Waals surface area (Å²) in [5.74, 6) is 0. The van der Waals surface area contributed by atoms with Crippen molar-refractivity contribution in [3.05, 3.63) is 0 Å². The van der Waals surface area contributed by atoms with Crippen LogP contribution in [0, 0.1) is 5.41 Å². The highest BCUT2D eigenvalue weighted by Crippen LogP contribution is 2.29. The Bertz CT molecular complexity index is 261. The second kappa shape index (κ2) is 3.67. The van der Waals surface area contributed by atoms with Gasteiger partial charge in [-0.1, -0.05) is 13.8 Å². The van der Waals surface area contributed by atoms with Gasteiger partial charge in [0.1, 0.15) is 0 Å². The molecule has 1 unspecified atom stereocenters. The van der Waals surface area contributed by atoms with Crippen LogP contribution in [0.15, 0.2) is 0 Å². The number of piperidine rings is 1. The second-order valence-electron chi connectivity index (χ2n) is 5.44. The highest BCUT2D eigenvalue weighted by atomic mass is 16.3. The number of carbonyl (C=O) groups is 1. The Hall–Kier alpha value is -0.770. The summed E-state index contributed by atoms with van der Waals surface area (Å²) in [5.41, 5.74) is -0.181. The molecular weight excluding hydrogens is 192 g/mol. The lowest BCUT2D eigenvalue weighted by Crippen LogP contribution is -2.53. The van der Waals surface area contributed by atoms with E-state index in [1.54, 1.807) is 0 Å². The van der Waals surface area contributed by atoms with Crippen molar-refractivity contribution >= 4 is 6.03 Å². The first-order valence-corrected chi connectivity index (χ1v) is 5.72. The van der Waals surface area contributed by atoms with Crippen molar-refractivity contribution in [2.24, 2.45) is 5.41 Å². The zero-order valence-corrected chi connectivity index (χ0v) is 9.49. The summed E-state index contributed by atoms with van der Waals surface area (Å²) in [6, 6.07) is 0.449. The summed E-state index contributed by atoms with van der Waals surface area (Å²) < 4.78 is 0. The Morgan fingerprint density at radius 2 is 2.07 bits per heavy atom. The Morgan fingerprint density at radius 1 is 1.40 bits per heavy atom. The molecule has 2 fully saturated rings. The molecule has 15 heavy (non-hydrogen) atoms. The van der Waals surface area contributed by atoms with E-state index >= 15 is 0 Å². The Labute approximate surface area is 90.6 Å². The van der Waals surface area contributed by atoms with Gasteiger partial charge in [0, 0.05) is 24.5 Å². The standard InChI is InChI=1S/C11H20N2O2/c1-11(2)7-13(6-5-9(11)14)10(15)12-8-3-4-8/h8-9,14H,3-7H2,1-2H3,(H,12,15). The Morgan fingerprint density at radius 3 is 2.60 bits per heavy atom. The van der Waals surface area contributed by atoms with Gasteiger partial charge in [-0.05, 0) is 19.3 Å². The number of urea groups is 1. The molecule has 1 saturated heterocycles. The van der Waals surface area contributed by atoms with Crippen LogP contribution in [-0.4, -0.2) is 41.3 Å². The normalized spacial score (nSPS) is 30.1. The fraction of sp³-hybridized carbons (Fsp3) is 0.909. The van der Waals surface area contributed by atoms with Crippen LogP contribution in [-0.2, 0) is 0 Å². The largest absolute Gasteiger partial charge is 0.392 e. The average Bonchev–Trinajstić information content (AvgIpc) is 2.93. The van der Waals surface area contributed by atoms with E-state index in [0.717, 1.165) is 12.8 Å². The molecule has 0 radical (unpaired) electrons. The number of aliphatic hydroxyl groups excluding tert-OH is 1. The number of amides is 2. The smallest absolute Gasteiger partial charge is 0.317 e. The molecule has 1 aliphatic carbocycles. The topological polar surface area (TPSA) is 52.6 Å². The average molecular weight is 212 g/mol. The summed E-state index contributed by atoms with van der Waals surface area (Å²) >= 11 is 0. The van der Waals surface area contributed by atoms with E-state index in [0.29, 0.717) is 25.6 Å². The van der Waals surface area contributed by atoms with Crippen LogP contribution in [0.1, 0.15) is 33.1 Å². The molecule has 1 heterocycles. The predicted molar refractivity (Wildman–Crippen MR) is 57.5 cm³/mol. The zero-order chi connectivity index (χ0) is 11.1. The van der Waals surface area contributed by atoms with Gasteiger partial charge in [0.2, 0.25) is 0 Å². The number of aliphatic hydroxyl groups is 1. The summed E-state index contributed by atoms with van der Waals surface area (Å²) in [7, 11) is 0. The third-order valence-electron chi connectivity index (χ3n) is 3.37. The molecule has 1 atom stereocenters. The molecule has 0 aromatic rings. The third kappa shape index (κ3) is 2.43. The van der Waals surface area contributed by atoms with Crippen molar-refractivity contribution in [1.82, 2.24) is 10.2 Å². The predicted octanol–water partition coefficient (Wildman–Crippen LogP) is 0.951. The fourth-order valence-corrected chi connectivity index (χ4v) is 2.01. The molecule has 2 amide bonds. The van der Waals surface area contributed by atoms with Gasteiger partial charge < -0.3 is 15.3 Å². The number of nitrogens with one attached hydrogen (secondary N) is 1. The first kappa shape index (κ1) is 10.7. The zero-order valence-electron chi connectivity index (χ0n) is 9.49. The molecule has 4 heteroatoms. The number of hydrogen-bond donors (Lipinski definition) is 2. The number of rotatable bonds is 1. The molecule has 0 aromatic carbocycles. The Balaban J connectivity index is 1.90. The van der Waals surface area contributed by atoms with E-state index in [9.17, 15) is 9.90 Å². The van der Waals surface area contributed by atoms with Crippen molar-refractivity contribution < 1.29 is 9.90 Å². The highest BCUT2D eigenvalue weighted by molar-refractivity contribution is 5.75. The van der Waals surface area contributed by atoms with E-state index in [-0.39, 0.29) is 17.6 Å². The lowest BCUT2D eigenvalue weighted by Gasteiger charge is -2.41. The molecule has 2 rings (SSSR count). The van der Waals surface area contributed by atoms with E-state index in [4.69, 9.17) is 0 Å². The van der Waals surface area contributed by atoms with Crippen molar-refractivity contribution in [3.63, 3.8) is 0 Å². The maximum absolute atomic E-state index is 11.8. The molecule has 1 saturated carbocycles. The lowest BCUT2D eigenvalue weighted by molar-refractivity contribution is -0.0114. The summed E-state index contributed by atoms with van der Waals surface area (Å²) in [5, 5.41) is 12.8. The number of likely N-dealkylation sites (tertiary alicyclic amines) is 1. The lowest BCUT2D eigenvalue weighted by atomic mass is 9.81. The molecule has 0 spiro atoms. The Kier molecular flexibility index (Phi) is 2.63. The van der Waals surface area contributed by atoms with Crippen LogP contribution < -0.4 is 5.32 Å². The molecule has 2 aliphatic rings. The molecule has 0 aromatic heterocycles. The van der Waals surface area contributed by atoms with Crippen LogP contribution in [0.5, 0.6) is 0 Å². The van der Waals surface area contributed by atoms with E-state index < -0.39 is 0 Å². The van der Waals surface area contributed by atoms with Crippen molar-refractivity contribution in [1.29, 1.82) is 0 Å². The van der Waals surface area contributed by atoms with Gasteiger partial charge >= 0.3 is 6.03 Å². The van der Waals surface area contributed by atoms with Gasteiger partial charge in [0.15, 0.2) is 0 Å². The molecule has 0 bridgehead atoms. The molecular formula is C11H20N2O2. The molecule has 4 nitrogen and oxygen atoms in total. The summed E-state index contributed by atoms with van der Waals surface area (Å²) in [6.07, 6.45) is 2.63. The van der Waals surface area contributed by atoms with Gasteiger partial charge in [-0.2, -0.15) is 0 Å². The van der Waals surface area contributed by atoms with Crippen LogP contribution in [0.25, 0.3) is 0 Å². The maximum Gasteiger partial charge on any atom is 0.317 e. The monoisotopic (exact) mass is 212 g/mol. The van der Waals surface area contributed by atoms with Gasteiger partial charge in [-0.3, -0.25) is 0 Å². The highest BCUT2D eigenvalue weighted by Gasteiger charge is 2.37. The first-order valence-electron chi connectivity index (χ1n) is 5.72. The molecule has 1 aliphatic heterocycles. The van der Waals surface area contributed by atoms with Gasteiger partial charge in [0.25, 0.3) is 0 Å². The second-order valence-corrected chi connectivity index (χ2v) is 5.44. The first-order chi connectivity index (χ1) is 6.99. The number of nitrogens with zero attached hydrogens (tertiary/aromatic N) is 1. The van der Waals surface area contributed by atoms with Crippen LogP contribution in [0.3, 0.4) is 0 Å². The van der Waals surface area contributed by atoms with Gasteiger partial charge in [-0.25, -0.2) is 4.79 Å². The maximum atomic E-state index is 11.8. The number of hydrogen-bond acceptors (Lipinski definition) is 2. The van der Waals surface area contributed by atoms with Gasteiger partial charge in [0.05, 0.1) is 6.10 Å². The van der Waals surface area contributed by atoms with Crippen LogP contribution in [0.4, 0.5) is 4.79 Å². The summed E-state index contributed by atoms with van der Waals surface area (Å²) in [6.45, 7) is 5.33. The van der Waals surface area contributed by atoms with Crippen molar-refractivity contribution in [2.45, 2.75) is 45.3 Å². The molecule has 2 N–H and O–H groups in total. The quantitative estimate of drug-likeness (QED) is 0.680. The fourth-order valence-electron chi connectivity index (χ4n) is 2.01. The van der Waals surface area contributed by atoms with E-state index in [1.165, 1.54) is 0 Å². The van der Waals surface area contributed by atoms with Crippen molar-refractivity contribution in [2.75, 3.05) is 13.1 Å². The minimum Gasteiger partial charge on any atom is -0.392 e. The third-order valence-corrected chi connectivity index (χ3v) is 3.37. The van der Waals surface area contributed by atoms with E-state index in [1.807, 2.05) is 18.7 Å². The van der Waals surface area contributed by atoms with Crippen LogP contribution >= 0.6 is 0 Å². The van der Waals surface area contributed by atoms with Crippen LogP contribution in [0.2, 0.25) is 0 Å². The van der Waals surface area contributed by atoms with E-state index in [2.05, 4.69) is 5.32 Å². The van der Waals surface area contributed by atoms with Crippen molar-refractivity contribution in [3.8, 4) is 0 Å². The SMILES string of the molecule is CC1(C)CN(C(=O)NC2CC2)CCC1O. The minimum atomic E-state index is -0.289.